The molecule has 1 saturated heterocycles. The second-order valence-electron chi connectivity index (χ2n) is 4.66. The highest BCUT2D eigenvalue weighted by molar-refractivity contribution is 5.76. The highest BCUT2D eigenvalue weighted by atomic mass is 16.4. The van der Waals surface area contributed by atoms with Gasteiger partial charge in [0.05, 0.1) is 5.92 Å². The van der Waals surface area contributed by atoms with Gasteiger partial charge in [-0.25, -0.2) is 4.79 Å². The third kappa shape index (κ3) is 4.60. The summed E-state index contributed by atoms with van der Waals surface area (Å²) >= 11 is 0. The van der Waals surface area contributed by atoms with Crippen molar-refractivity contribution in [2.24, 2.45) is 5.92 Å². The first kappa shape index (κ1) is 13.8. The maximum Gasteiger partial charge on any atom is 0.317 e. The molecule has 17 heavy (non-hydrogen) atoms. The fraction of sp³-hybridized carbons (Fsp3) is 0.818. The summed E-state index contributed by atoms with van der Waals surface area (Å²) in [5.74, 6) is -1.22. The van der Waals surface area contributed by atoms with Crippen LogP contribution in [0.15, 0.2) is 0 Å². The predicted molar refractivity (Wildman–Crippen MR) is 63.9 cm³/mol. The Labute approximate surface area is 102 Å². The molecule has 1 aliphatic rings. The van der Waals surface area contributed by atoms with E-state index in [0.29, 0.717) is 26.1 Å². The molecule has 0 radical (unpaired) electrons. The van der Waals surface area contributed by atoms with Gasteiger partial charge in [0.25, 0.3) is 0 Å². The smallest absolute Gasteiger partial charge is 0.317 e. The average Bonchev–Trinajstić information content (AvgIpc) is 2.28. The van der Waals surface area contributed by atoms with Gasteiger partial charge in [0.1, 0.15) is 0 Å². The first-order valence-corrected chi connectivity index (χ1v) is 5.91. The Hall–Kier alpha value is -1.30. The van der Waals surface area contributed by atoms with Crippen molar-refractivity contribution in [3.05, 3.63) is 0 Å². The number of piperidine rings is 1. The Morgan fingerprint density at radius 2 is 2.18 bits per heavy atom. The Morgan fingerprint density at radius 1 is 1.47 bits per heavy atom. The van der Waals surface area contributed by atoms with Crippen molar-refractivity contribution in [1.82, 2.24) is 15.1 Å². The van der Waals surface area contributed by atoms with Gasteiger partial charge in [-0.1, -0.05) is 0 Å². The molecule has 6 heteroatoms. The molecule has 0 bridgehead atoms. The maximum absolute atomic E-state index is 11.8. The number of urea groups is 1. The van der Waals surface area contributed by atoms with Gasteiger partial charge in [0.2, 0.25) is 0 Å². The van der Waals surface area contributed by atoms with Crippen LogP contribution in [0.5, 0.6) is 0 Å². The summed E-state index contributed by atoms with van der Waals surface area (Å²) in [5.41, 5.74) is 0. The molecule has 0 aromatic heterocycles. The summed E-state index contributed by atoms with van der Waals surface area (Å²) in [6.07, 6.45) is 1.43. The Balaban J connectivity index is 2.33. The van der Waals surface area contributed by atoms with Crippen LogP contribution in [0.3, 0.4) is 0 Å². The van der Waals surface area contributed by atoms with Crippen molar-refractivity contribution < 1.29 is 14.7 Å². The van der Waals surface area contributed by atoms with E-state index in [-0.39, 0.29) is 6.03 Å². The Kier molecular flexibility index (Phi) is 5.21. The van der Waals surface area contributed by atoms with E-state index in [2.05, 4.69) is 5.32 Å². The first-order chi connectivity index (χ1) is 8.00. The molecular formula is C11H21N3O3. The summed E-state index contributed by atoms with van der Waals surface area (Å²) in [5, 5.41) is 11.7. The van der Waals surface area contributed by atoms with Crippen LogP contribution in [0.4, 0.5) is 4.79 Å². The van der Waals surface area contributed by atoms with E-state index in [1.54, 1.807) is 4.90 Å². The summed E-state index contributed by atoms with van der Waals surface area (Å²) in [6.45, 7) is 2.34. The quantitative estimate of drug-likeness (QED) is 0.732. The van der Waals surface area contributed by atoms with Crippen LogP contribution in [0.25, 0.3) is 0 Å². The second-order valence-corrected chi connectivity index (χ2v) is 4.66. The number of amides is 2. The molecule has 0 saturated carbocycles. The maximum atomic E-state index is 11.8. The number of rotatable bonds is 4. The van der Waals surface area contributed by atoms with E-state index < -0.39 is 11.9 Å². The zero-order valence-corrected chi connectivity index (χ0v) is 10.5. The molecule has 0 aromatic carbocycles. The fourth-order valence-electron chi connectivity index (χ4n) is 1.86. The monoisotopic (exact) mass is 243 g/mol. The topological polar surface area (TPSA) is 72.9 Å². The predicted octanol–water partition coefficient (Wildman–Crippen LogP) is 0.0542. The lowest BCUT2D eigenvalue weighted by Crippen LogP contribution is -2.48. The van der Waals surface area contributed by atoms with E-state index in [0.717, 1.165) is 13.0 Å². The number of carbonyl (C=O) groups excluding carboxylic acids is 1. The largest absolute Gasteiger partial charge is 0.481 e. The van der Waals surface area contributed by atoms with Crippen molar-refractivity contribution in [2.75, 3.05) is 40.3 Å². The molecule has 0 spiro atoms. The number of aliphatic carboxylic acids is 1. The lowest BCUT2D eigenvalue weighted by Gasteiger charge is -2.30. The average molecular weight is 243 g/mol. The first-order valence-electron chi connectivity index (χ1n) is 5.91. The van der Waals surface area contributed by atoms with Gasteiger partial charge in [-0.3, -0.25) is 4.79 Å². The van der Waals surface area contributed by atoms with Gasteiger partial charge < -0.3 is 20.2 Å². The number of nitrogens with zero attached hydrogens (tertiary/aromatic N) is 2. The summed E-state index contributed by atoms with van der Waals surface area (Å²) in [7, 11) is 3.88. The van der Waals surface area contributed by atoms with Crippen molar-refractivity contribution in [3.8, 4) is 0 Å². The summed E-state index contributed by atoms with van der Waals surface area (Å²) in [4.78, 5) is 26.2. The Bertz CT molecular complexity index is 281. The number of nitrogens with one attached hydrogen (secondary N) is 1. The molecule has 0 aliphatic carbocycles. The van der Waals surface area contributed by atoms with Crippen LogP contribution in [0.1, 0.15) is 12.8 Å². The molecule has 6 nitrogen and oxygen atoms in total. The van der Waals surface area contributed by atoms with Crippen molar-refractivity contribution in [1.29, 1.82) is 0 Å². The number of hydrogen-bond donors (Lipinski definition) is 2. The summed E-state index contributed by atoms with van der Waals surface area (Å²) in [6, 6.07) is -0.155. The fourth-order valence-corrected chi connectivity index (χ4v) is 1.86. The molecule has 1 rings (SSSR count). The molecule has 0 aromatic rings. The number of likely N-dealkylation sites (tertiary alicyclic amines) is 1. The van der Waals surface area contributed by atoms with Gasteiger partial charge in [0, 0.05) is 26.2 Å². The highest BCUT2D eigenvalue weighted by Crippen LogP contribution is 2.16. The molecule has 2 amide bonds. The standard InChI is InChI=1S/C11H21N3O3/c1-13(2)7-5-12-11(17)14-6-3-4-9(8-14)10(15)16/h9H,3-8H2,1-2H3,(H,12,17)(H,15,16). The number of carbonyl (C=O) groups is 2. The van der Waals surface area contributed by atoms with Gasteiger partial charge >= 0.3 is 12.0 Å². The minimum absolute atomic E-state index is 0.155. The minimum Gasteiger partial charge on any atom is -0.481 e. The Morgan fingerprint density at radius 3 is 2.76 bits per heavy atom. The van der Waals surface area contributed by atoms with Crippen LogP contribution in [0, 0.1) is 5.92 Å². The molecule has 1 aliphatic heterocycles. The molecule has 98 valence electrons. The van der Waals surface area contributed by atoms with Gasteiger partial charge in [0.15, 0.2) is 0 Å². The van der Waals surface area contributed by atoms with E-state index in [1.807, 2.05) is 19.0 Å². The van der Waals surface area contributed by atoms with Gasteiger partial charge in [-0.2, -0.15) is 0 Å². The van der Waals surface area contributed by atoms with Crippen LogP contribution >= 0.6 is 0 Å². The number of likely N-dealkylation sites (N-methyl/N-ethyl adjacent to an activating group) is 1. The van der Waals surface area contributed by atoms with Crippen LogP contribution in [-0.4, -0.2) is 67.2 Å². The lowest BCUT2D eigenvalue weighted by atomic mass is 9.99. The second kappa shape index (κ2) is 6.44. The lowest BCUT2D eigenvalue weighted by molar-refractivity contribution is -0.143. The third-order valence-corrected chi connectivity index (χ3v) is 2.89. The third-order valence-electron chi connectivity index (χ3n) is 2.89. The molecule has 1 atom stereocenters. The van der Waals surface area contributed by atoms with Crippen molar-refractivity contribution in [3.63, 3.8) is 0 Å². The van der Waals surface area contributed by atoms with Crippen LogP contribution < -0.4 is 5.32 Å². The van der Waals surface area contributed by atoms with E-state index in [4.69, 9.17) is 5.11 Å². The SMILES string of the molecule is CN(C)CCNC(=O)N1CCCC(C(=O)O)C1. The molecule has 1 heterocycles. The molecular weight excluding hydrogens is 222 g/mol. The van der Waals surface area contributed by atoms with Gasteiger partial charge in [-0.05, 0) is 26.9 Å². The zero-order valence-electron chi connectivity index (χ0n) is 10.5. The van der Waals surface area contributed by atoms with Crippen molar-refractivity contribution >= 4 is 12.0 Å². The molecule has 1 unspecified atom stereocenters. The van der Waals surface area contributed by atoms with E-state index in [9.17, 15) is 9.59 Å². The van der Waals surface area contributed by atoms with Gasteiger partial charge in [-0.15, -0.1) is 0 Å². The highest BCUT2D eigenvalue weighted by Gasteiger charge is 2.27. The van der Waals surface area contributed by atoms with Crippen LogP contribution in [0.2, 0.25) is 0 Å². The number of carboxylic acids is 1. The number of hydrogen-bond acceptors (Lipinski definition) is 3. The molecule has 2 N–H and O–H groups in total. The molecule has 1 fully saturated rings. The summed E-state index contributed by atoms with van der Waals surface area (Å²) < 4.78 is 0. The van der Waals surface area contributed by atoms with Crippen molar-refractivity contribution in [2.45, 2.75) is 12.8 Å². The van der Waals surface area contributed by atoms with E-state index in [1.165, 1.54) is 0 Å². The number of carboxylic acid groups (broad SMARTS) is 1. The zero-order chi connectivity index (χ0) is 12.8. The van der Waals surface area contributed by atoms with E-state index >= 15 is 0 Å². The minimum atomic E-state index is -0.809. The van der Waals surface area contributed by atoms with Crippen LogP contribution in [-0.2, 0) is 4.79 Å². The normalized spacial score (nSPS) is 20.4.